The van der Waals surface area contributed by atoms with Crippen molar-refractivity contribution in [2.24, 2.45) is 0 Å². The van der Waals surface area contributed by atoms with Crippen molar-refractivity contribution in [3.63, 3.8) is 0 Å². The Morgan fingerprint density at radius 1 is 1.11 bits per heavy atom. The minimum absolute atomic E-state index is 0.0232. The van der Waals surface area contributed by atoms with Crippen LogP contribution in [0, 0.1) is 13.8 Å². The molecular weight excluding hydrogens is 400 g/mol. The van der Waals surface area contributed by atoms with Crippen molar-refractivity contribution in [2.45, 2.75) is 25.3 Å². The van der Waals surface area contributed by atoms with E-state index < -0.39 is 15.9 Å². The first-order chi connectivity index (χ1) is 13.3. The Balaban J connectivity index is 1.84. The van der Waals surface area contributed by atoms with E-state index in [1.807, 2.05) is 32.0 Å². The van der Waals surface area contributed by atoms with E-state index in [9.17, 15) is 13.2 Å². The number of furan rings is 1. The molecule has 0 spiro atoms. The molecule has 28 heavy (non-hydrogen) atoms. The van der Waals surface area contributed by atoms with Crippen LogP contribution in [0.25, 0.3) is 0 Å². The van der Waals surface area contributed by atoms with Gasteiger partial charge in [0, 0.05) is 11.3 Å². The summed E-state index contributed by atoms with van der Waals surface area (Å²) in [5.41, 5.74) is 2.76. The highest BCUT2D eigenvalue weighted by molar-refractivity contribution is 7.89. The second kappa shape index (κ2) is 8.18. The summed E-state index contributed by atoms with van der Waals surface area (Å²) in [6.07, 6.45) is 1.45. The molecule has 2 aromatic carbocycles. The maximum Gasteiger partial charge on any atom is 0.255 e. The van der Waals surface area contributed by atoms with E-state index >= 15 is 0 Å². The van der Waals surface area contributed by atoms with Gasteiger partial charge >= 0.3 is 0 Å². The predicted octanol–water partition coefficient (Wildman–Crippen LogP) is 4.28. The monoisotopic (exact) mass is 418 g/mol. The largest absolute Gasteiger partial charge is 0.468 e. The molecular formula is C20H19ClN2O4S. The molecule has 0 aliphatic rings. The fraction of sp³-hybridized carbons (Fsp3) is 0.150. The lowest BCUT2D eigenvalue weighted by Gasteiger charge is -2.12. The van der Waals surface area contributed by atoms with Gasteiger partial charge in [0.05, 0.1) is 17.8 Å². The van der Waals surface area contributed by atoms with Crippen molar-refractivity contribution < 1.29 is 17.6 Å². The van der Waals surface area contributed by atoms with Gasteiger partial charge in [-0.05, 0) is 61.4 Å². The third-order valence-electron chi connectivity index (χ3n) is 4.14. The van der Waals surface area contributed by atoms with Crippen LogP contribution < -0.4 is 10.0 Å². The van der Waals surface area contributed by atoms with Crippen molar-refractivity contribution in [3.8, 4) is 0 Å². The number of carbonyl (C=O) groups is 1. The number of benzene rings is 2. The average molecular weight is 419 g/mol. The summed E-state index contributed by atoms with van der Waals surface area (Å²) in [6, 6.07) is 13.1. The molecule has 1 amide bonds. The molecule has 146 valence electrons. The predicted molar refractivity (Wildman–Crippen MR) is 108 cm³/mol. The second-order valence-corrected chi connectivity index (χ2v) is 8.46. The Kier molecular flexibility index (Phi) is 5.88. The second-order valence-electron chi connectivity index (χ2n) is 6.32. The number of aryl methyl sites for hydroxylation is 2. The SMILES string of the molecule is Cc1ccc(C)c(NC(=O)c2ccc(Cl)c(S(=O)(=O)NCc3ccco3)c2)c1. The van der Waals surface area contributed by atoms with E-state index in [1.54, 1.807) is 12.1 Å². The summed E-state index contributed by atoms with van der Waals surface area (Å²) >= 11 is 6.08. The summed E-state index contributed by atoms with van der Waals surface area (Å²) < 4.78 is 32.8. The fourth-order valence-corrected chi connectivity index (χ4v) is 4.09. The van der Waals surface area contributed by atoms with Crippen LogP contribution in [0.4, 0.5) is 5.69 Å². The number of nitrogens with one attached hydrogen (secondary N) is 2. The molecule has 2 N–H and O–H groups in total. The summed E-state index contributed by atoms with van der Waals surface area (Å²) in [5.74, 6) is 0.0383. The van der Waals surface area contributed by atoms with Gasteiger partial charge in [-0.15, -0.1) is 0 Å². The number of hydrogen-bond acceptors (Lipinski definition) is 4. The maximum absolute atomic E-state index is 12.6. The molecule has 0 saturated carbocycles. The third kappa shape index (κ3) is 4.62. The molecule has 3 rings (SSSR count). The van der Waals surface area contributed by atoms with E-state index in [4.69, 9.17) is 16.0 Å². The van der Waals surface area contributed by atoms with Crippen LogP contribution in [0.15, 0.2) is 64.1 Å². The van der Waals surface area contributed by atoms with Gasteiger partial charge in [-0.3, -0.25) is 4.79 Å². The lowest BCUT2D eigenvalue weighted by molar-refractivity contribution is 0.102. The highest BCUT2D eigenvalue weighted by Gasteiger charge is 2.21. The molecule has 1 heterocycles. The van der Waals surface area contributed by atoms with Crippen molar-refractivity contribution in [1.29, 1.82) is 0 Å². The molecule has 0 unspecified atom stereocenters. The number of sulfonamides is 1. The van der Waals surface area contributed by atoms with E-state index in [0.717, 1.165) is 11.1 Å². The lowest BCUT2D eigenvalue weighted by Crippen LogP contribution is -2.24. The summed E-state index contributed by atoms with van der Waals surface area (Å²) in [6.45, 7) is 3.78. The molecule has 0 aliphatic heterocycles. The average Bonchev–Trinajstić information content (AvgIpc) is 3.17. The number of halogens is 1. The number of amides is 1. The Morgan fingerprint density at radius 3 is 2.61 bits per heavy atom. The Hall–Kier alpha value is -2.61. The fourth-order valence-electron chi connectivity index (χ4n) is 2.57. The lowest BCUT2D eigenvalue weighted by atomic mass is 10.1. The van der Waals surface area contributed by atoms with Gasteiger partial charge in [-0.25, -0.2) is 13.1 Å². The quantitative estimate of drug-likeness (QED) is 0.625. The van der Waals surface area contributed by atoms with E-state index in [-0.39, 0.29) is 22.0 Å². The molecule has 0 radical (unpaired) electrons. The van der Waals surface area contributed by atoms with Crippen molar-refractivity contribution in [1.82, 2.24) is 4.72 Å². The molecule has 3 aromatic rings. The Labute approximate surface area is 168 Å². The zero-order valence-electron chi connectivity index (χ0n) is 15.3. The smallest absolute Gasteiger partial charge is 0.255 e. The van der Waals surface area contributed by atoms with E-state index in [2.05, 4.69) is 10.0 Å². The topological polar surface area (TPSA) is 88.4 Å². The molecule has 6 nitrogen and oxygen atoms in total. The third-order valence-corrected chi connectivity index (χ3v) is 6.02. The van der Waals surface area contributed by atoms with Crippen LogP contribution in [-0.4, -0.2) is 14.3 Å². The molecule has 0 bridgehead atoms. The molecule has 0 atom stereocenters. The van der Waals surface area contributed by atoms with Crippen LogP contribution in [0.3, 0.4) is 0 Å². The summed E-state index contributed by atoms with van der Waals surface area (Å²) in [5, 5.41) is 2.83. The first kappa shape index (κ1) is 20.1. The van der Waals surface area contributed by atoms with E-state index in [1.165, 1.54) is 24.5 Å². The first-order valence-electron chi connectivity index (χ1n) is 8.46. The van der Waals surface area contributed by atoms with Crippen LogP contribution in [0.5, 0.6) is 0 Å². The highest BCUT2D eigenvalue weighted by atomic mass is 35.5. The van der Waals surface area contributed by atoms with Gasteiger partial charge in [0.25, 0.3) is 5.91 Å². The molecule has 8 heteroatoms. The van der Waals surface area contributed by atoms with Crippen LogP contribution >= 0.6 is 11.6 Å². The maximum atomic E-state index is 12.6. The van der Waals surface area contributed by atoms with Gasteiger partial charge < -0.3 is 9.73 Å². The standard InChI is InChI=1S/C20H19ClN2O4S/c1-13-5-6-14(2)18(10-13)23-20(24)15-7-8-17(21)19(11-15)28(25,26)22-12-16-4-3-9-27-16/h3-11,22H,12H2,1-2H3,(H,23,24). The minimum Gasteiger partial charge on any atom is -0.468 e. The van der Waals surface area contributed by atoms with Crippen LogP contribution in [-0.2, 0) is 16.6 Å². The van der Waals surface area contributed by atoms with Gasteiger partial charge in [-0.1, -0.05) is 23.7 Å². The van der Waals surface area contributed by atoms with Crippen molar-refractivity contribution in [2.75, 3.05) is 5.32 Å². The Bertz CT molecular complexity index is 1110. The molecule has 1 aromatic heterocycles. The molecule has 0 fully saturated rings. The minimum atomic E-state index is -3.93. The van der Waals surface area contributed by atoms with Gasteiger partial charge in [-0.2, -0.15) is 0 Å². The van der Waals surface area contributed by atoms with Crippen molar-refractivity contribution >= 4 is 33.2 Å². The normalized spacial score (nSPS) is 11.4. The van der Waals surface area contributed by atoms with Gasteiger partial charge in [0.2, 0.25) is 10.0 Å². The Morgan fingerprint density at radius 2 is 1.89 bits per heavy atom. The number of carbonyl (C=O) groups excluding carboxylic acids is 1. The molecule has 0 aliphatic carbocycles. The zero-order valence-corrected chi connectivity index (χ0v) is 16.9. The molecule has 0 saturated heterocycles. The van der Waals surface area contributed by atoms with Gasteiger partial charge in [0.1, 0.15) is 10.7 Å². The van der Waals surface area contributed by atoms with Crippen LogP contribution in [0.1, 0.15) is 27.2 Å². The number of anilines is 1. The first-order valence-corrected chi connectivity index (χ1v) is 10.3. The zero-order chi connectivity index (χ0) is 20.3. The summed E-state index contributed by atoms with van der Waals surface area (Å²) in [7, 11) is -3.93. The number of hydrogen-bond donors (Lipinski definition) is 2. The van der Waals surface area contributed by atoms with Gasteiger partial charge in [0.15, 0.2) is 0 Å². The van der Waals surface area contributed by atoms with E-state index in [0.29, 0.717) is 11.4 Å². The summed E-state index contributed by atoms with van der Waals surface area (Å²) in [4.78, 5) is 12.5. The highest BCUT2D eigenvalue weighted by Crippen LogP contribution is 2.24. The van der Waals surface area contributed by atoms with Crippen LogP contribution in [0.2, 0.25) is 5.02 Å². The van der Waals surface area contributed by atoms with Crippen molar-refractivity contribution in [3.05, 3.63) is 82.3 Å². The number of rotatable bonds is 6.